The molecule has 0 aromatic rings. The molecule has 0 aromatic heterocycles. The standard InChI is InChI=1S/C5H9IN2/c1-4(2)8-5(6)7-3/h1-3H3/b7-5-. The van der Waals surface area contributed by atoms with E-state index in [9.17, 15) is 0 Å². The van der Waals surface area contributed by atoms with E-state index in [0.717, 1.165) is 9.55 Å². The van der Waals surface area contributed by atoms with Gasteiger partial charge in [0.1, 0.15) is 0 Å². The zero-order valence-corrected chi connectivity index (χ0v) is 7.43. The molecule has 0 unspecified atom stereocenters. The predicted molar refractivity (Wildman–Crippen MR) is 46.2 cm³/mol. The monoisotopic (exact) mass is 224 g/mol. The molecule has 46 valence electrons. The largest absolute Gasteiger partial charge is 0.265 e. The number of rotatable bonds is 0. The zero-order chi connectivity index (χ0) is 6.57. The van der Waals surface area contributed by atoms with Crippen molar-refractivity contribution in [2.24, 2.45) is 9.98 Å². The van der Waals surface area contributed by atoms with Gasteiger partial charge < -0.3 is 0 Å². The van der Waals surface area contributed by atoms with Crippen molar-refractivity contribution in [3.8, 4) is 0 Å². The van der Waals surface area contributed by atoms with E-state index in [-0.39, 0.29) is 0 Å². The van der Waals surface area contributed by atoms with Gasteiger partial charge in [-0.3, -0.25) is 4.99 Å². The lowest BCUT2D eigenvalue weighted by molar-refractivity contribution is 1.43. The quantitative estimate of drug-likeness (QED) is 0.260. The van der Waals surface area contributed by atoms with Gasteiger partial charge in [0.25, 0.3) is 0 Å². The topological polar surface area (TPSA) is 24.7 Å². The lowest BCUT2D eigenvalue weighted by atomic mass is 10.5. The van der Waals surface area contributed by atoms with Gasteiger partial charge in [-0.25, -0.2) is 4.99 Å². The Balaban J connectivity index is 3.89. The van der Waals surface area contributed by atoms with Crippen LogP contribution in [0.25, 0.3) is 0 Å². The van der Waals surface area contributed by atoms with Gasteiger partial charge in [0.2, 0.25) is 0 Å². The molecule has 2 nitrogen and oxygen atoms in total. The number of nitrogens with zero attached hydrogens (tertiary/aromatic N) is 2. The third-order valence-corrected chi connectivity index (χ3v) is 1.22. The fraction of sp³-hybridized carbons (Fsp3) is 0.600. The molecular weight excluding hydrogens is 215 g/mol. The molecule has 0 saturated carbocycles. The molecule has 0 heterocycles. The summed E-state index contributed by atoms with van der Waals surface area (Å²) in [6, 6.07) is 0. The maximum Gasteiger partial charge on any atom is 0.185 e. The summed E-state index contributed by atoms with van der Waals surface area (Å²) in [5, 5.41) is 0. The summed E-state index contributed by atoms with van der Waals surface area (Å²) >= 11 is 2.08. The molecule has 0 spiro atoms. The third kappa shape index (κ3) is 4.23. The highest BCUT2D eigenvalue weighted by Crippen LogP contribution is 1.91. The molecule has 0 aliphatic heterocycles. The van der Waals surface area contributed by atoms with Gasteiger partial charge in [-0.05, 0) is 13.8 Å². The summed E-state index contributed by atoms with van der Waals surface area (Å²) in [5.74, 6) is 0. The Bertz CT molecular complexity index is 122. The predicted octanol–water partition coefficient (Wildman–Crippen LogP) is 1.89. The Labute approximate surface area is 63.3 Å². The van der Waals surface area contributed by atoms with Crippen LogP contribution >= 0.6 is 22.6 Å². The van der Waals surface area contributed by atoms with Gasteiger partial charge in [0.15, 0.2) is 3.84 Å². The first-order chi connectivity index (χ1) is 3.66. The van der Waals surface area contributed by atoms with Crippen LogP contribution in [-0.4, -0.2) is 16.6 Å². The zero-order valence-electron chi connectivity index (χ0n) is 5.27. The van der Waals surface area contributed by atoms with Crippen molar-refractivity contribution in [1.29, 1.82) is 0 Å². The van der Waals surface area contributed by atoms with Crippen molar-refractivity contribution in [3.63, 3.8) is 0 Å². The van der Waals surface area contributed by atoms with Crippen molar-refractivity contribution >= 4 is 32.1 Å². The minimum absolute atomic E-state index is 0.808. The molecule has 0 aromatic carbocycles. The maximum atomic E-state index is 4.05. The number of halogens is 1. The van der Waals surface area contributed by atoms with E-state index in [2.05, 4.69) is 32.6 Å². The normalized spacial score (nSPS) is 11.2. The Kier molecular flexibility index (Phi) is 4.03. The Morgan fingerprint density at radius 2 is 1.88 bits per heavy atom. The third-order valence-electron chi connectivity index (χ3n) is 0.500. The molecule has 0 aliphatic carbocycles. The van der Waals surface area contributed by atoms with Crippen LogP contribution < -0.4 is 0 Å². The van der Waals surface area contributed by atoms with Gasteiger partial charge in [-0.1, -0.05) is 0 Å². The van der Waals surface area contributed by atoms with Crippen LogP contribution in [0.15, 0.2) is 9.98 Å². The van der Waals surface area contributed by atoms with E-state index < -0.39 is 0 Å². The molecule has 0 amide bonds. The minimum Gasteiger partial charge on any atom is -0.265 e. The molecule has 8 heavy (non-hydrogen) atoms. The van der Waals surface area contributed by atoms with Crippen LogP contribution in [0.2, 0.25) is 0 Å². The van der Waals surface area contributed by atoms with Crippen LogP contribution in [0.5, 0.6) is 0 Å². The molecular formula is C5H9IN2. The highest BCUT2D eigenvalue weighted by Gasteiger charge is 1.82. The fourth-order valence-corrected chi connectivity index (χ4v) is 0.717. The second-order valence-electron chi connectivity index (χ2n) is 1.55. The van der Waals surface area contributed by atoms with Crippen molar-refractivity contribution in [2.75, 3.05) is 7.05 Å². The molecule has 0 fully saturated rings. The summed E-state index contributed by atoms with van der Waals surface area (Å²) < 4.78 is 0.808. The highest BCUT2D eigenvalue weighted by atomic mass is 127. The van der Waals surface area contributed by atoms with Crippen molar-refractivity contribution < 1.29 is 0 Å². The molecule has 0 bridgehead atoms. The lowest BCUT2D eigenvalue weighted by Gasteiger charge is -1.85. The Morgan fingerprint density at radius 3 is 2.00 bits per heavy atom. The molecule has 0 saturated heterocycles. The molecule has 0 atom stereocenters. The van der Waals surface area contributed by atoms with Gasteiger partial charge in [-0.15, -0.1) is 0 Å². The van der Waals surface area contributed by atoms with Gasteiger partial charge in [0, 0.05) is 35.4 Å². The lowest BCUT2D eigenvalue weighted by Crippen LogP contribution is -1.85. The SMILES string of the molecule is C/N=C(/I)N=C(C)C. The van der Waals surface area contributed by atoms with E-state index >= 15 is 0 Å². The molecule has 0 radical (unpaired) electrons. The van der Waals surface area contributed by atoms with E-state index in [1.807, 2.05) is 13.8 Å². The van der Waals surface area contributed by atoms with Crippen LogP contribution in [0.3, 0.4) is 0 Å². The summed E-state index contributed by atoms with van der Waals surface area (Å²) in [7, 11) is 1.73. The molecule has 0 N–H and O–H groups in total. The number of amidine groups is 1. The van der Waals surface area contributed by atoms with E-state index in [0.29, 0.717) is 0 Å². The van der Waals surface area contributed by atoms with Crippen LogP contribution in [0, 0.1) is 0 Å². The first-order valence-corrected chi connectivity index (χ1v) is 3.39. The molecule has 0 rings (SSSR count). The molecule has 3 heteroatoms. The van der Waals surface area contributed by atoms with E-state index in [1.165, 1.54) is 0 Å². The molecule has 0 aliphatic rings. The second kappa shape index (κ2) is 4.00. The van der Waals surface area contributed by atoms with E-state index in [4.69, 9.17) is 0 Å². The highest BCUT2D eigenvalue weighted by molar-refractivity contribution is 14.1. The summed E-state index contributed by atoms with van der Waals surface area (Å²) in [4.78, 5) is 7.89. The minimum atomic E-state index is 0.808. The average molecular weight is 224 g/mol. The average Bonchev–Trinajstić information content (AvgIpc) is 1.65. The summed E-state index contributed by atoms with van der Waals surface area (Å²) in [5.41, 5.74) is 1.04. The summed E-state index contributed by atoms with van der Waals surface area (Å²) in [6.45, 7) is 3.90. The number of aliphatic imine (C=N–C) groups is 2. The first kappa shape index (κ1) is 8.07. The van der Waals surface area contributed by atoms with Crippen molar-refractivity contribution in [1.82, 2.24) is 0 Å². The maximum absolute atomic E-state index is 4.05. The Hall–Kier alpha value is 0.0700. The van der Waals surface area contributed by atoms with Crippen molar-refractivity contribution in [2.45, 2.75) is 13.8 Å². The number of hydrogen-bond donors (Lipinski definition) is 0. The Morgan fingerprint density at radius 1 is 1.38 bits per heavy atom. The van der Waals surface area contributed by atoms with Gasteiger partial charge >= 0.3 is 0 Å². The number of hydrogen-bond acceptors (Lipinski definition) is 1. The smallest absolute Gasteiger partial charge is 0.185 e. The van der Waals surface area contributed by atoms with Crippen LogP contribution in [0.1, 0.15) is 13.8 Å². The van der Waals surface area contributed by atoms with Crippen LogP contribution in [0.4, 0.5) is 0 Å². The van der Waals surface area contributed by atoms with Crippen LogP contribution in [-0.2, 0) is 0 Å². The van der Waals surface area contributed by atoms with Gasteiger partial charge in [0.05, 0.1) is 0 Å². The first-order valence-electron chi connectivity index (χ1n) is 2.31. The fourth-order valence-electron chi connectivity index (χ4n) is 0.235. The summed E-state index contributed by atoms with van der Waals surface area (Å²) in [6.07, 6.45) is 0. The van der Waals surface area contributed by atoms with Crippen molar-refractivity contribution in [3.05, 3.63) is 0 Å². The van der Waals surface area contributed by atoms with E-state index in [1.54, 1.807) is 7.05 Å². The second-order valence-corrected chi connectivity index (χ2v) is 2.52. The van der Waals surface area contributed by atoms with Gasteiger partial charge in [-0.2, -0.15) is 0 Å².